The molecule has 5 heteroatoms. The molecule has 0 amide bonds. The smallest absolute Gasteiger partial charge is 0.248 e. The second-order valence-corrected chi connectivity index (χ2v) is 4.75. The highest BCUT2D eigenvalue weighted by Gasteiger charge is 2.17. The molecule has 21 heavy (non-hydrogen) atoms. The van der Waals surface area contributed by atoms with Gasteiger partial charge in [-0.2, -0.15) is 0 Å². The van der Waals surface area contributed by atoms with Gasteiger partial charge in [-0.05, 0) is 30.3 Å². The van der Waals surface area contributed by atoms with Gasteiger partial charge in [0.05, 0.1) is 0 Å². The highest BCUT2D eigenvalue weighted by atomic mass is 16.3. The van der Waals surface area contributed by atoms with Gasteiger partial charge in [0, 0.05) is 23.8 Å². The Labute approximate surface area is 119 Å². The van der Waals surface area contributed by atoms with Gasteiger partial charge in [-0.1, -0.05) is 6.07 Å². The predicted octanol–water partition coefficient (Wildman–Crippen LogP) is 3.02. The van der Waals surface area contributed by atoms with Gasteiger partial charge in [0.2, 0.25) is 5.78 Å². The summed E-state index contributed by atoms with van der Waals surface area (Å²) in [4.78, 5) is 16.7. The van der Waals surface area contributed by atoms with Crippen LogP contribution in [-0.2, 0) is 0 Å². The van der Waals surface area contributed by atoms with Crippen molar-refractivity contribution >= 4 is 22.4 Å². The third-order valence-corrected chi connectivity index (χ3v) is 3.32. The first kappa shape index (κ1) is 11.7. The van der Waals surface area contributed by atoms with Crippen molar-refractivity contribution in [3.63, 3.8) is 0 Å². The average Bonchev–Trinajstić information content (AvgIpc) is 3.09. The van der Waals surface area contributed by atoms with Gasteiger partial charge >= 0.3 is 0 Å². The lowest BCUT2D eigenvalue weighted by molar-refractivity contribution is 0.101. The Hall–Kier alpha value is -3.08. The highest BCUT2D eigenvalue weighted by Crippen LogP contribution is 2.24. The molecule has 0 aliphatic carbocycles. The van der Waals surface area contributed by atoms with Gasteiger partial charge in [0.15, 0.2) is 5.76 Å². The molecular formula is C16H10N2O3. The van der Waals surface area contributed by atoms with Crippen LogP contribution in [0.25, 0.3) is 16.6 Å². The monoisotopic (exact) mass is 278 g/mol. The van der Waals surface area contributed by atoms with Gasteiger partial charge in [0.25, 0.3) is 0 Å². The maximum Gasteiger partial charge on any atom is 0.248 e. The topological polar surface area (TPSA) is 67.7 Å². The SMILES string of the molecule is O=C(c1cn2ccccc2n1)c1cc2ccc(O)cc2o1. The van der Waals surface area contributed by atoms with E-state index in [1.54, 1.807) is 28.8 Å². The molecule has 4 aromatic rings. The van der Waals surface area contributed by atoms with Crippen LogP contribution in [0.15, 0.2) is 59.3 Å². The Morgan fingerprint density at radius 1 is 1.19 bits per heavy atom. The molecular weight excluding hydrogens is 268 g/mol. The van der Waals surface area contributed by atoms with Crippen molar-refractivity contribution in [2.45, 2.75) is 0 Å². The van der Waals surface area contributed by atoms with Crippen LogP contribution in [-0.4, -0.2) is 20.3 Å². The fraction of sp³-hybridized carbons (Fsp3) is 0. The number of hydrogen-bond donors (Lipinski definition) is 1. The number of aromatic nitrogens is 2. The lowest BCUT2D eigenvalue weighted by atomic mass is 10.2. The molecule has 0 saturated carbocycles. The fourth-order valence-electron chi connectivity index (χ4n) is 2.30. The molecule has 0 aliphatic rings. The standard InChI is InChI=1S/C16H10N2O3/c19-11-5-4-10-7-14(21-13(10)8-11)16(20)12-9-18-6-2-1-3-15(18)17-12/h1-9,19H. The molecule has 0 unspecified atom stereocenters. The quantitative estimate of drug-likeness (QED) is 0.572. The number of phenolic OH excluding ortho intramolecular Hbond substituents is 1. The van der Waals surface area contributed by atoms with E-state index >= 15 is 0 Å². The molecule has 1 aromatic carbocycles. The molecule has 3 aromatic heterocycles. The van der Waals surface area contributed by atoms with Gasteiger partial charge < -0.3 is 13.9 Å². The number of carbonyl (C=O) groups is 1. The maximum atomic E-state index is 12.4. The van der Waals surface area contributed by atoms with Gasteiger partial charge in [-0.15, -0.1) is 0 Å². The van der Waals surface area contributed by atoms with E-state index in [4.69, 9.17) is 4.42 Å². The Balaban J connectivity index is 1.81. The van der Waals surface area contributed by atoms with E-state index in [1.165, 1.54) is 6.07 Å². The van der Waals surface area contributed by atoms with Crippen LogP contribution in [0.3, 0.4) is 0 Å². The van der Waals surface area contributed by atoms with Crippen LogP contribution in [0.4, 0.5) is 0 Å². The summed E-state index contributed by atoms with van der Waals surface area (Å²) >= 11 is 0. The van der Waals surface area contributed by atoms with Crippen LogP contribution in [0, 0.1) is 0 Å². The Kier molecular flexibility index (Phi) is 2.35. The largest absolute Gasteiger partial charge is 0.508 e. The lowest BCUT2D eigenvalue weighted by Crippen LogP contribution is -1.99. The first-order valence-corrected chi connectivity index (χ1v) is 6.42. The number of rotatable bonds is 2. The molecule has 5 nitrogen and oxygen atoms in total. The summed E-state index contributed by atoms with van der Waals surface area (Å²) in [6, 6.07) is 11.9. The normalized spacial score (nSPS) is 11.2. The summed E-state index contributed by atoms with van der Waals surface area (Å²) in [5.74, 6) is 0.0250. The minimum Gasteiger partial charge on any atom is -0.508 e. The van der Waals surface area contributed by atoms with Gasteiger partial charge in [0.1, 0.15) is 22.7 Å². The second-order valence-electron chi connectivity index (χ2n) is 4.75. The third-order valence-electron chi connectivity index (χ3n) is 3.32. The van der Waals surface area contributed by atoms with Crippen molar-refractivity contribution in [2.24, 2.45) is 0 Å². The van der Waals surface area contributed by atoms with Crippen molar-refractivity contribution in [3.05, 3.63) is 66.3 Å². The number of phenols is 1. The molecule has 0 saturated heterocycles. The first-order chi connectivity index (χ1) is 10.2. The van der Waals surface area contributed by atoms with E-state index in [2.05, 4.69) is 4.98 Å². The zero-order chi connectivity index (χ0) is 14.4. The van der Waals surface area contributed by atoms with E-state index in [0.717, 1.165) is 5.39 Å². The van der Waals surface area contributed by atoms with Crippen molar-refractivity contribution in [2.75, 3.05) is 0 Å². The lowest BCUT2D eigenvalue weighted by Gasteiger charge is -1.90. The van der Waals surface area contributed by atoms with E-state index in [9.17, 15) is 9.90 Å². The zero-order valence-electron chi connectivity index (χ0n) is 10.9. The summed E-state index contributed by atoms with van der Waals surface area (Å²) in [5.41, 5.74) is 1.50. The molecule has 0 atom stereocenters. The third kappa shape index (κ3) is 1.87. The Morgan fingerprint density at radius 2 is 2.10 bits per heavy atom. The number of aromatic hydroxyl groups is 1. The highest BCUT2D eigenvalue weighted by molar-refractivity contribution is 6.08. The van der Waals surface area contributed by atoms with Crippen LogP contribution < -0.4 is 0 Å². The molecule has 1 N–H and O–H groups in total. The summed E-state index contributed by atoms with van der Waals surface area (Å²) in [6.45, 7) is 0. The van der Waals surface area contributed by atoms with E-state index < -0.39 is 0 Å². The van der Waals surface area contributed by atoms with Crippen molar-refractivity contribution in [1.82, 2.24) is 9.38 Å². The molecule has 0 fully saturated rings. The van der Waals surface area contributed by atoms with Gasteiger partial charge in [-0.3, -0.25) is 4.79 Å². The van der Waals surface area contributed by atoms with Crippen molar-refractivity contribution in [1.29, 1.82) is 0 Å². The zero-order valence-corrected chi connectivity index (χ0v) is 10.9. The van der Waals surface area contributed by atoms with Crippen LogP contribution in [0.2, 0.25) is 0 Å². The molecule has 3 heterocycles. The number of nitrogens with zero attached hydrogens (tertiary/aromatic N) is 2. The van der Waals surface area contributed by atoms with Gasteiger partial charge in [-0.25, -0.2) is 4.98 Å². The van der Waals surface area contributed by atoms with E-state index in [1.807, 2.05) is 24.4 Å². The number of pyridine rings is 1. The minimum atomic E-state index is -0.283. The fourth-order valence-corrected chi connectivity index (χ4v) is 2.30. The molecule has 0 bridgehead atoms. The van der Waals surface area contributed by atoms with E-state index in [-0.39, 0.29) is 17.3 Å². The summed E-state index contributed by atoms with van der Waals surface area (Å²) < 4.78 is 7.28. The van der Waals surface area contributed by atoms with Crippen molar-refractivity contribution < 1.29 is 14.3 Å². The first-order valence-electron chi connectivity index (χ1n) is 6.42. The van der Waals surface area contributed by atoms with Crippen LogP contribution in [0.5, 0.6) is 5.75 Å². The minimum absolute atomic E-state index is 0.101. The maximum absolute atomic E-state index is 12.4. The number of ketones is 1. The van der Waals surface area contributed by atoms with Crippen molar-refractivity contribution in [3.8, 4) is 5.75 Å². The van der Waals surface area contributed by atoms with E-state index in [0.29, 0.717) is 16.9 Å². The average molecular weight is 278 g/mol. The molecule has 0 radical (unpaired) electrons. The second kappa shape index (κ2) is 4.21. The number of fused-ring (bicyclic) bond motifs is 2. The summed E-state index contributed by atoms with van der Waals surface area (Å²) in [6.07, 6.45) is 3.50. The molecule has 0 spiro atoms. The number of carbonyl (C=O) groups excluding carboxylic acids is 1. The molecule has 102 valence electrons. The predicted molar refractivity (Wildman–Crippen MR) is 76.5 cm³/mol. The molecule has 4 rings (SSSR count). The number of hydrogen-bond acceptors (Lipinski definition) is 4. The molecule has 0 aliphatic heterocycles. The number of furan rings is 1. The Morgan fingerprint density at radius 3 is 2.95 bits per heavy atom. The summed E-state index contributed by atoms with van der Waals surface area (Å²) in [7, 11) is 0. The number of benzene rings is 1. The summed E-state index contributed by atoms with van der Waals surface area (Å²) in [5, 5.41) is 10.2. The number of imidazole rings is 1. The van der Waals surface area contributed by atoms with Crippen LogP contribution >= 0.6 is 0 Å². The van der Waals surface area contributed by atoms with Crippen LogP contribution in [0.1, 0.15) is 16.2 Å². The Bertz CT molecular complexity index is 948.